The lowest BCUT2D eigenvalue weighted by atomic mass is 9.97. The molecule has 0 atom stereocenters. The molecular formula is C11H15IN2O2. The zero-order valence-electron chi connectivity index (χ0n) is 9.58. The second-order valence-corrected chi connectivity index (χ2v) is 6.00. The third-order valence-corrected chi connectivity index (χ3v) is 2.83. The molecule has 0 aliphatic rings. The molecular weight excluding hydrogens is 319 g/mol. The lowest BCUT2D eigenvalue weighted by Gasteiger charge is -2.19. The van der Waals surface area contributed by atoms with Gasteiger partial charge in [-0.05, 0) is 40.1 Å². The number of nitrogens with one attached hydrogen (secondary N) is 1. The summed E-state index contributed by atoms with van der Waals surface area (Å²) >= 11 is 1.98. The van der Waals surface area contributed by atoms with Crippen molar-refractivity contribution < 1.29 is 4.92 Å². The Balaban J connectivity index is 2.78. The average molecular weight is 334 g/mol. The zero-order valence-corrected chi connectivity index (χ0v) is 11.7. The van der Waals surface area contributed by atoms with Crippen molar-refractivity contribution in [3.05, 3.63) is 31.9 Å². The maximum Gasteiger partial charge on any atom is 0.282 e. The Morgan fingerprint density at radius 2 is 2.06 bits per heavy atom. The molecule has 0 amide bonds. The minimum absolute atomic E-state index is 0.155. The minimum Gasteiger partial charge on any atom is -0.384 e. The van der Waals surface area contributed by atoms with Crippen LogP contribution in [0.2, 0.25) is 0 Å². The van der Waals surface area contributed by atoms with Crippen LogP contribution in [0.25, 0.3) is 0 Å². The smallest absolute Gasteiger partial charge is 0.282 e. The second kappa shape index (κ2) is 4.99. The topological polar surface area (TPSA) is 55.2 Å². The molecule has 1 rings (SSSR count). The van der Waals surface area contributed by atoms with Crippen LogP contribution in [0.5, 0.6) is 0 Å². The highest BCUT2D eigenvalue weighted by Gasteiger charge is 2.13. The molecule has 1 N–H and O–H groups in total. The standard InChI is InChI=1S/C11H15IN2O2/c1-11(2,3)7-13-8-4-5-10(14(15)16)9(12)6-8/h4-6,13H,7H2,1-3H3. The number of benzene rings is 1. The van der Waals surface area contributed by atoms with Crippen LogP contribution in [-0.4, -0.2) is 11.5 Å². The fourth-order valence-electron chi connectivity index (χ4n) is 1.13. The number of hydrogen-bond donors (Lipinski definition) is 1. The molecule has 4 nitrogen and oxygen atoms in total. The summed E-state index contributed by atoms with van der Waals surface area (Å²) in [5.74, 6) is 0. The van der Waals surface area contributed by atoms with Crippen molar-refractivity contribution in [1.82, 2.24) is 0 Å². The first-order valence-electron chi connectivity index (χ1n) is 4.97. The van der Waals surface area contributed by atoms with Gasteiger partial charge < -0.3 is 5.32 Å². The first-order valence-corrected chi connectivity index (χ1v) is 6.05. The highest BCUT2D eigenvalue weighted by Crippen LogP contribution is 2.25. The maximum atomic E-state index is 10.6. The van der Waals surface area contributed by atoms with Gasteiger partial charge in [-0.25, -0.2) is 0 Å². The van der Waals surface area contributed by atoms with E-state index in [1.807, 2.05) is 22.6 Å². The van der Waals surface area contributed by atoms with Crippen molar-refractivity contribution in [1.29, 1.82) is 0 Å². The number of halogens is 1. The van der Waals surface area contributed by atoms with E-state index in [1.165, 1.54) is 6.07 Å². The Bertz CT molecular complexity index is 399. The van der Waals surface area contributed by atoms with E-state index in [0.717, 1.165) is 12.2 Å². The van der Waals surface area contributed by atoms with Gasteiger partial charge in [-0.3, -0.25) is 10.1 Å². The number of nitrogens with zero attached hydrogens (tertiary/aromatic N) is 1. The summed E-state index contributed by atoms with van der Waals surface area (Å²) in [5, 5.41) is 13.9. The van der Waals surface area contributed by atoms with E-state index < -0.39 is 0 Å². The van der Waals surface area contributed by atoms with E-state index in [2.05, 4.69) is 26.1 Å². The Morgan fingerprint density at radius 3 is 2.50 bits per heavy atom. The lowest BCUT2D eigenvalue weighted by Crippen LogP contribution is -2.19. The van der Waals surface area contributed by atoms with Gasteiger partial charge in [0.1, 0.15) is 0 Å². The quantitative estimate of drug-likeness (QED) is 0.521. The zero-order chi connectivity index (χ0) is 12.3. The van der Waals surface area contributed by atoms with E-state index in [-0.39, 0.29) is 16.0 Å². The molecule has 0 saturated heterocycles. The lowest BCUT2D eigenvalue weighted by molar-refractivity contribution is -0.385. The largest absolute Gasteiger partial charge is 0.384 e. The third-order valence-electron chi connectivity index (χ3n) is 1.97. The molecule has 88 valence electrons. The van der Waals surface area contributed by atoms with Crippen LogP contribution in [0.1, 0.15) is 20.8 Å². The van der Waals surface area contributed by atoms with Crippen molar-refractivity contribution in [2.75, 3.05) is 11.9 Å². The van der Waals surface area contributed by atoms with Gasteiger partial charge in [0.05, 0.1) is 8.49 Å². The molecule has 0 saturated carbocycles. The normalized spacial score (nSPS) is 11.2. The summed E-state index contributed by atoms with van der Waals surface area (Å²) in [4.78, 5) is 10.3. The number of hydrogen-bond acceptors (Lipinski definition) is 3. The van der Waals surface area contributed by atoms with Crippen LogP contribution in [-0.2, 0) is 0 Å². The highest BCUT2D eigenvalue weighted by molar-refractivity contribution is 14.1. The summed E-state index contributed by atoms with van der Waals surface area (Å²) in [6.45, 7) is 7.24. The first-order chi connectivity index (χ1) is 7.29. The van der Waals surface area contributed by atoms with Crippen molar-refractivity contribution in [2.45, 2.75) is 20.8 Å². The van der Waals surface area contributed by atoms with Crippen molar-refractivity contribution >= 4 is 34.0 Å². The van der Waals surface area contributed by atoms with Gasteiger partial charge in [0.15, 0.2) is 0 Å². The van der Waals surface area contributed by atoms with Gasteiger partial charge in [-0.1, -0.05) is 20.8 Å². The fourth-order valence-corrected chi connectivity index (χ4v) is 1.84. The van der Waals surface area contributed by atoms with Gasteiger partial charge in [-0.2, -0.15) is 0 Å². The Labute approximate surface area is 109 Å². The number of rotatable bonds is 3. The molecule has 0 heterocycles. The van der Waals surface area contributed by atoms with Gasteiger partial charge in [-0.15, -0.1) is 0 Å². The first kappa shape index (κ1) is 13.2. The van der Waals surface area contributed by atoms with E-state index in [4.69, 9.17) is 0 Å². The van der Waals surface area contributed by atoms with Crippen LogP contribution < -0.4 is 5.32 Å². The predicted octanol–water partition coefficient (Wildman–Crippen LogP) is 3.66. The van der Waals surface area contributed by atoms with Gasteiger partial charge in [0.25, 0.3) is 5.69 Å². The number of nitro benzene ring substituents is 1. The van der Waals surface area contributed by atoms with Crippen molar-refractivity contribution in [3.63, 3.8) is 0 Å². The molecule has 0 bridgehead atoms. The van der Waals surface area contributed by atoms with E-state index in [0.29, 0.717) is 3.57 Å². The summed E-state index contributed by atoms with van der Waals surface area (Å²) in [7, 11) is 0. The average Bonchev–Trinajstić information content (AvgIpc) is 2.13. The van der Waals surface area contributed by atoms with E-state index in [1.54, 1.807) is 12.1 Å². The van der Waals surface area contributed by atoms with Crippen LogP contribution in [0.3, 0.4) is 0 Å². The molecule has 16 heavy (non-hydrogen) atoms. The fraction of sp³-hybridized carbons (Fsp3) is 0.455. The molecule has 0 aliphatic carbocycles. The SMILES string of the molecule is CC(C)(C)CNc1ccc([N+](=O)[O-])c(I)c1. The molecule has 0 fully saturated rings. The second-order valence-electron chi connectivity index (χ2n) is 4.84. The molecule has 5 heteroatoms. The molecule has 0 aromatic heterocycles. The maximum absolute atomic E-state index is 10.6. The van der Waals surface area contributed by atoms with Crippen LogP contribution in [0, 0.1) is 19.1 Å². The summed E-state index contributed by atoms with van der Waals surface area (Å²) in [5.41, 5.74) is 1.26. The Kier molecular flexibility index (Phi) is 4.12. The van der Waals surface area contributed by atoms with Crippen molar-refractivity contribution in [2.24, 2.45) is 5.41 Å². The minimum atomic E-state index is -0.366. The highest BCUT2D eigenvalue weighted by atomic mass is 127. The van der Waals surface area contributed by atoms with Crippen LogP contribution >= 0.6 is 22.6 Å². The van der Waals surface area contributed by atoms with E-state index >= 15 is 0 Å². The van der Waals surface area contributed by atoms with Gasteiger partial charge in [0, 0.05) is 18.3 Å². The van der Waals surface area contributed by atoms with Gasteiger partial charge >= 0.3 is 0 Å². The van der Waals surface area contributed by atoms with Crippen molar-refractivity contribution in [3.8, 4) is 0 Å². The Morgan fingerprint density at radius 1 is 1.44 bits per heavy atom. The summed E-state index contributed by atoms with van der Waals surface area (Å²) in [6.07, 6.45) is 0. The number of anilines is 1. The number of nitro groups is 1. The summed E-state index contributed by atoms with van der Waals surface area (Å²) < 4.78 is 0.654. The summed E-state index contributed by atoms with van der Waals surface area (Å²) in [6, 6.07) is 5.07. The molecule has 1 aromatic carbocycles. The van der Waals surface area contributed by atoms with E-state index in [9.17, 15) is 10.1 Å². The molecule has 0 aliphatic heterocycles. The molecule has 0 spiro atoms. The monoisotopic (exact) mass is 334 g/mol. The molecule has 0 radical (unpaired) electrons. The molecule has 0 unspecified atom stereocenters. The van der Waals surface area contributed by atoms with Crippen LogP contribution in [0.4, 0.5) is 11.4 Å². The Hall–Kier alpha value is -0.850. The van der Waals surface area contributed by atoms with Crippen LogP contribution in [0.15, 0.2) is 18.2 Å². The predicted molar refractivity (Wildman–Crippen MR) is 73.8 cm³/mol. The third kappa shape index (κ3) is 3.96. The molecule has 1 aromatic rings. The van der Waals surface area contributed by atoms with Gasteiger partial charge in [0.2, 0.25) is 0 Å².